The van der Waals surface area contributed by atoms with Gasteiger partial charge in [-0.15, -0.1) is 0 Å². The molecule has 2 saturated heterocycles. The molecule has 0 unspecified atom stereocenters. The minimum Gasteiger partial charge on any atom is -0.494 e. The summed E-state index contributed by atoms with van der Waals surface area (Å²) in [4.78, 5) is 14.1. The van der Waals surface area contributed by atoms with Gasteiger partial charge in [-0.2, -0.15) is 4.98 Å². The first-order chi connectivity index (χ1) is 24.2. The number of likely N-dealkylation sites (N-methyl/N-ethyl adjacent to an activating group) is 1. The van der Waals surface area contributed by atoms with Crippen LogP contribution in [0.3, 0.4) is 0 Å². The third-order valence-electron chi connectivity index (χ3n) is 10.6. The van der Waals surface area contributed by atoms with Gasteiger partial charge in [0.1, 0.15) is 17.9 Å². The molecule has 3 heterocycles. The minimum absolute atomic E-state index is 0.403. The van der Waals surface area contributed by atoms with E-state index >= 15 is 0 Å². The van der Waals surface area contributed by atoms with Crippen LogP contribution < -0.4 is 25.6 Å². The summed E-state index contributed by atoms with van der Waals surface area (Å²) in [5, 5.41) is 13.2. The first kappa shape index (κ1) is 37.1. The van der Waals surface area contributed by atoms with Crippen LogP contribution in [-0.2, 0) is 4.57 Å². The van der Waals surface area contributed by atoms with Gasteiger partial charge in [0.15, 0.2) is 5.82 Å². The molecule has 3 aromatic carbocycles. The van der Waals surface area contributed by atoms with Gasteiger partial charge in [0.2, 0.25) is 5.95 Å². The predicted octanol–water partition coefficient (Wildman–Crippen LogP) is 7.37. The number of halogens is 1. The van der Waals surface area contributed by atoms with Crippen LogP contribution in [0, 0.1) is 34.6 Å². The van der Waals surface area contributed by atoms with Gasteiger partial charge < -0.3 is 29.7 Å². The van der Waals surface area contributed by atoms with Crippen LogP contribution in [0.1, 0.15) is 27.8 Å². The summed E-state index contributed by atoms with van der Waals surface area (Å²) in [5.41, 5.74) is 10.5. The van der Waals surface area contributed by atoms with Crippen molar-refractivity contribution in [2.24, 2.45) is 0 Å². The highest BCUT2D eigenvalue weighted by molar-refractivity contribution is 7.70. The zero-order valence-electron chi connectivity index (χ0n) is 31.5. The van der Waals surface area contributed by atoms with Gasteiger partial charge >= 0.3 is 0 Å². The molecule has 0 bridgehead atoms. The van der Waals surface area contributed by atoms with Crippen molar-refractivity contribution in [3.63, 3.8) is 0 Å². The maximum absolute atomic E-state index is 13.4. The van der Waals surface area contributed by atoms with Crippen molar-refractivity contribution in [3.05, 3.63) is 75.4 Å². The molecule has 0 amide bonds. The molecule has 0 spiro atoms. The van der Waals surface area contributed by atoms with Crippen molar-refractivity contribution >= 4 is 52.9 Å². The summed E-state index contributed by atoms with van der Waals surface area (Å²) in [6, 6.07) is 12.6. The van der Waals surface area contributed by atoms with E-state index in [4.69, 9.17) is 21.3 Å². The second-order valence-corrected chi connectivity index (χ2v) is 17.9. The lowest BCUT2D eigenvalue weighted by molar-refractivity contribution is -0.0564. The van der Waals surface area contributed by atoms with Gasteiger partial charge in [0.05, 0.1) is 19.0 Å². The van der Waals surface area contributed by atoms with Crippen molar-refractivity contribution in [1.29, 1.82) is 0 Å². The Morgan fingerprint density at radius 1 is 0.765 bits per heavy atom. The zero-order chi connectivity index (χ0) is 36.6. The Kier molecular flexibility index (Phi) is 11.0. The van der Waals surface area contributed by atoms with Crippen molar-refractivity contribution < 1.29 is 9.30 Å². The summed E-state index contributed by atoms with van der Waals surface area (Å²) < 4.78 is 19.3. The number of benzene rings is 3. The van der Waals surface area contributed by atoms with E-state index in [-0.39, 0.29) is 0 Å². The largest absolute Gasteiger partial charge is 0.494 e. The Morgan fingerprint density at radius 3 is 2.06 bits per heavy atom. The number of aryl methyl sites for hydroxylation is 2. The van der Waals surface area contributed by atoms with Crippen LogP contribution in [0.25, 0.3) is 11.1 Å². The second kappa shape index (κ2) is 15.1. The highest BCUT2D eigenvalue weighted by Crippen LogP contribution is 2.43. The maximum Gasteiger partial charge on any atom is 0.229 e. The molecule has 2 aliphatic rings. The highest BCUT2D eigenvalue weighted by atomic mass is 35.5. The molecule has 2 fully saturated rings. The van der Waals surface area contributed by atoms with Crippen molar-refractivity contribution in [2.45, 2.75) is 34.6 Å². The van der Waals surface area contributed by atoms with E-state index < -0.39 is 7.14 Å². The number of nitrogens with one attached hydrogen (secondary N) is 2. The lowest BCUT2D eigenvalue weighted by Crippen LogP contribution is -2.58. The lowest BCUT2D eigenvalue weighted by Gasteiger charge is -2.45. The topological polar surface area (TPSA) is 89.1 Å². The van der Waals surface area contributed by atoms with Crippen LogP contribution in [0.15, 0.2) is 42.6 Å². The van der Waals surface area contributed by atoms with Gasteiger partial charge in [-0.25, -0.2) is 15.0 Å². The fourth-order valence-corrected chi connectivity index (χ4v) is 9.20. The maximum atomic E-state index is 13.4. The Bertz CT molecular complexity index is 1970. The van der Waals surface area contributed by atoms with Crippen molar-refractivity contribution in [3.8, 4) is 16.9 Å². The van der Waals surface area contributed by atoms with Crippen LogP contribution in [0.2, 0.25) is 5.02 Å². The van der Waals surface area contributed by atoms with E-state index in [1.54, 1.807) is 13.3 Å². The summed E-state index contributed by atoms with van der Waals surface area (Å²) in [6.07, 6.45) is 1.60. The van der Waals surface area contributed by atoms with Crippen LogP contribution in [0.5, 0.6) is 5.75 Å². The fourth-order valence-electron chi connectivity index (χ4n) is 7.31. The average Bonchev–Trinajstić information content (AvgIpc) is 3.09. The number of nitrogens with zero attached hydrogens (tertiary/aromatic N) is 6. The molecule has 10 nitrogen and oxygen atoms in total. The molecule has 12 heteroatoms. The normalized spacial score (nSPS) is 16.4. The highest BCUT2D eigenvalue weighted by Gasteiger charge is 2.26. The number of hydrogen-bond donors (Lipinski definition) is 2. The van der Waals surface area contributed by atoms with Gasteiger partial charge in [0, 0.05) is 75.1 Å². The number of hydrazine groups is 1. The van der Waals surface area contributed by atoms with Gasteiger partial charge in [-0.05, 0) is 106 Å². The van der Waals surface area contributed by atoms with Crippen LogP contribution >= 0.6 is 18.7 Å². The first-order valence-corrected chi connectivity index (χ1v) is 20.7. The summed E-state index contributed by atoms with van der Waals surface area (Å²) in [7, 11) is 1.36. The first-order valence-electron chi connectivity index (χ1n) is 17.7. The lowest BCUT2D eigenvalue weighted by atomic mass is 9.93. The number of ether oxygens (including phenoxy) is 1. The molecule has 2 aliphatic heterocycles. The molecule has 0 saturated carbocycles. The minimum atomic E-state index is -2.53. The van der Waals surface area contributed by atoms with Crippen molar-refractivity contribution in [2.75, 3.05) is 95.4 Å². The summed E-state index contributed by atoms with van der Waals surface area (Å²) >= 11 is 6.64. The average molecular weight is 731 g/mol. The Labute approximate surface area is 308 Å². The van der Waals surface area contributed by atoms with Gasteiger partial charge in [-0.1, -0.05) is 29.8 Å². The molecular weight excluding hydrogens is 679 g/mol. The summed E-state index contributed by atoms with van der Waals surface area (Å²) in [5.74, 6) is 1.62. The van der Waals surface area contributed by atoms with Crippen molar-refractivity contribution in [1.82, 2.24) is 24.9 Å². The molecule has 1 aromatic heterocycles. The molecule has 51 heavy (non-hydrogen) atoms. The molecule has 0 aliphatic carbocycles. The Hall–Kier alpha value is -3.66. The quantitative estimate of drug-likeness (QED) is 0.170. The van der Waals surface area contributed by atoms with E-state index in [2.05, 4.69) is 107 Å². The van der Waals surface area contributed by atoms with Crippen LogP contribution in [-0.4, -0.2) is 105 Å². The monoisotopic (exact) mass is 730 g/mol. The molecule has 0 atom stereocenters. The molecule has 6 rings (SSSR count). The number of piperazine rings is 2. The van der Waals surface area contributed by atoms with Crippen LogP contribution in [0.4, 0.5) is 28.8 Å². The van der Waals surface area contributed by atoms with Gasteiger partial charge in [0.25, 0.3) is 0 Å². The zero-order valence-corrected chi connectivity index (χ0v) is 33.2. The number of anilines is 5. The van der Waals surface area contributed by atoms with E-state index in [0.29, 0.717) is 16.8 Å². The Morgan fingerprint density at radius 2 is 1.41 bits per heavy atom. The van der Waals surface area contributed by atoms with Gasteiger partial charge in [-0.3, -0.25) is 0 Å². The summed E-state index contributed by atoms with van der Waals surface area (Å²) in [6.45, 7) is 22.5. The van der Waals surface area contributed by atoms with E-state index in [1.807, 2.05) is 19.4 Å². The molecular formula is C39H52ClN8O2P. The SMILES string of the molecule is COc1cc(N2CCN(N3CCN(C)CC3)CC2)c(C)cc1Nc1ncc(Cl)c(Nc2ccc(-c3ccc(C)c(C)c3P(C)(C)=O)c(C)c2C)n1. The number of rotatable bonds is 9. The second-order valence-electron chi connectivity index (χ2n) is 14.3. The Balaban J connectivity index is 1.20. The molecule has 0 radical (unpaired) electrons. The van der Waals surface area contributed by atoms with E-state index in [1.165, 1.54) is 5.69 Å². The molecule has 2 N–H and O–H groups in total. The third kappa shape index (κ3) is 7.91. The fraction of sp³-hybridized carbons (Fsp3) is 0.436. The molecule has 4 aromatic rings. The predicted molar refractivity (Wildman–Crippen MR) is 214 cm³/mol. The standard InChI is InChI=1S/C39H52ClN8O2P/c1-25-10-11-31(37(27(25)3)51(8,9)49)30-12-13-33(29(5)28(30)4)42-38-32(40)24-41-39(44-38)43-34-22-26(2)35(23-36(34)50-7)46-16-20-48(21-17-46)47-18-14-45(6)15-19-47/h10-13,22-24H,14-21H2,1-9H3,(H2,41,42,43,44). The van der Waals surface area contributed by atoms with E-state index in [0.717, 1.165) is 114 Å². The number of aromatic nitrogens is 2. The molecule has 272 valence electrons. The van der Waals surface area contributed by atoms with E-state index in [9.17, 15) is 4.57 Å². The smallest absolute Gasteiger partial charge is 0.229 e. The number of hydrogen-bond acceptors (Lipinski definition) is 10. The third-order valence-corrected chi connectivity index (χ3v) is 12.5. The number of methoxy groups -OCH3 is 1.